The summed E-state index contributed by atoms with van der Waals surface area (Å²) in [5.41, 5.74) is 0. The van der Waals surface area contributed by atoms with E-state index in [1.165, 1.54) is 6.07 Å². The van der Waals surface area contributed by atoms with Crippen LogP contribution in [-0.2, 0) is 4.79 Å². The van der Waals surface area contributed by atoms with Crippen molar-refractivity contribution in [2.75, 3.05) is 19.7 Å². The maximum atomic E-state index is 11.3. The minimum absolute atomic E-state index is 0.117. The first-order valence-corrected chi connectivity index (χ1v) is 6.52. The maximum absolute atomic E-state index is 11.3. The Labute approximate surface area is 112 Å². The molecule has 0 radical (unpaired) electrons. The summed E-state index contributed by atoms with van der Waals surface area (Å²) in [7, 11) is 0. The van der Waals surface area contributed by atoms with E-state index in [1.54, 1.807) is 18.2 Å². The zero-order chi connectivity index (χ0) is 13.7. The van der Waals surface area contributed by atoms with Gasteiger partial charge in [0.15, 0.2) is 0 Å². The molecule has 1 saturated heterocycles. The van der Waals surface area contributed by atoms with Crippen molar-refractivity contribution in [3.63, 3.8) is 0 Å². The molecule has 1 unspecified atom stereocenters. The van der Waals surface area contributed by atoms with Crippen molar-refractivity contribution >= 4 is 5.97 Å². The van der Waals surface area contributed by atoms with Crippen LogP contribution in [0.3, 0.4) is 0 Å². The fraction of sp³-hybridized carbons (Fsp3) is 0.500. The molecule has 0 aliphatic carbocycles. The van der Waals surface area contributed by atoms with Gasteiger partial charge in [-0.2, -0.15) is 0 Å². The van der Waals surface area contributed by atoms with Crippen molar-refractivity contribution in [3.05, 3.63) is 24.3 Å². The smallest absolute Gasteiger partial charge is 0.310 e. The zero-order valence-corrected chi connectivity index (χ0v) is 10.7. The van der Waals surface area contributed by atoms with Crippen LogP contribution in [0.4, 0.5) is 0 Å². The van der Waals surface area contributed by atoms with E-state index in [1.807, 2.05) is 0 Å². The number of phenols is 1. The fourth-order valence-electron chi connectivity index (χ4n) is 2.41. The standard InChI is InChI=1S/C14H19NO4/c16-11-2-1-3-12(8-11)19-9-13(14(17)18)10-4-6-15-7-5-10/h1-3,8,10,13,15-16H,4-7,9H2,(H,17,18). The van der Waals surface area contributed by atoms with Crippen LogP contribution >= 0.6 is 0 Å². The normalized spacial score (nSPS) is 17.9. The molecule has 1 aliphatic rings. The van der Waals surface area contributed by atoms with Crippen LogP contribution in [-0.4, -0.2) is 35.9 Å². The van der Waals surface area contributed by atoms with Gasteiger partial charge in [0.05, 0.1) is 5.92 Å². The maximum Gasteiger partial charge on any atom is 0.310 e. The third-order valence-corrected chi connectivity index (χ3v) is 3.52. The molecule has 0 bridgehead atoms. The molecule has 1 fully saturated rings. The summed E-state index contributed by atoms with van der Waals surface area (Å²) in [6.45, 7) is 1.87. The summed E-state index contributed by atoms with van der Waals surface area (Å²) in [6, 6.07) is 6.42. The number of carboxylic acids is 1. The Morgan fingerprint density at radius 3 is 2.79 bits per heavy atom. The van der Waals surface area contributed by atoms with Crippen molar-refractivity contribution in [2.24, 2.45) is 11.8 Å². The molecule has 19 heavy (non-hydrogen) atoms. The third kappa shape index (κ3) is 3.86. The van der Waals surface area contributed by atoms with Gasteiger partial charge in [0.1, 0.15) is 18.1 Å². The highest BCUT2D eigenvalue weighted by atomic mass is 16.5. The molecule has 1 aromatic rings. The molecule has 1 aliphatic heterocycles. The summed E-state index contributed by atoms with van der Waals surface area (Å²) in [5, 5.41) is 21.9. The van der Waals surface area contributed by atoms with Gasteiger partial charge in [0.25, 0.3) is 0 Å². The van der Waals surface area contributed by atoms with Crippen molar-refractivity contribution in [1.82, 2.24) is 5.32 Å². The Balaban J connectivity index is 1.95. The fourth-order valence-corrected chi connectivity index (χ4v) is 2.41. The Hall–Kier alpha value is -1.75. The van der Waals surface area contributed by atoms with E-state index in [9.17, 15) is 15.0 Å². The number of phenolic OH excluding ortho intramolecular Hbond substituents is 1. The van der Waals surface area contributed by atoms with Crippen molar-refractivity contribution in [3.8, 4) is 11.5 Å². The largest absolute Gasteiger partial charge is 0.508 e. The number of aromatic hydroxyl groups is 1. The number of hydrogen-bond donors (Lipinski definition) is 3. The van der Waals surface area contributed by atoms with E-state index < -0.39 is 11.9 Å². The van der Waals surface area contributed by atoms with E-state index in [-0.39, 0.29) is 18.3 Å². The molecule has 1 heterocycles. The average molecular weight is 265 g/mol. The summed E-state index contributed by atoms with van der Waals surface area (Å²) in [6.07, 6.45) is 1.72. The lowest BCUT2D eigenvalue weighted by Crippen LogP contribution is -2.37. The van der Waals surface area contributed by atoms with Crippen molar-refractivity contribution in [2.45, 2.75) is 12.8 Å². The Morgan fingerprint density at radius 1 is 1.42 bits per heavy atom. The average Bonchev–Trinajstić information content (AvgIpc) is 2.40. The molecule has 5 nitrogen and oxygen atoms in total. The summed E-state index contributed by atoms with van der Waals surface area (Å²) in [4.78, 5) is 11.3. The first-order chi connectivity index (χ1) is 9.16. The molecule has 3 N–H and O–H groups in total. The minimum Gasteiger partial charge on any atom is -0.508 e. The number of carbonyl (C=O) groups is 1. The molecule has 2 rings (SSSR count). The van der Waals surface area contributed by atoms with Crippen LogP contribution < -0.4 is 10.1 Å². The number of piperidine rings is 1. The summed E-state index contributed by atoms with van der Waals surface area (Å²) < 4.78 is 5.50. The molecule has 0 saturated carbocycles. The van der Waals surface area contributed by atoms with Crippen LogP contribution in [0.1, 0.15) is 12.8 Å². The van der Waals surface area contributed by atoms with Gasteiger partial charge < -0.3 is 20.3 Å². The Bertz CT molecular complexity index is 429. The van der Waals surface area contributed by atoms with E-state index in [2.05, 4.69) is 5.32 Å². The quantitative estimate of drug-likeness (QED) is 0.751. The van der Waals surface area contributed by atoms with Gasteiger partial charge in [-0.25, -0.2) is 0 Å². The second-order valence-corrected chi connectivity index (χ2v) is 4.84. The molecule has 1 atom stereocenters. The molecule has 0 aromatic heterocycles. The lowest BCUT2D eigenvalue weighted by Gasteiger charge is -2.27. The van der Waals surface area contributed by atoms with E-state index in [0.717, 1.165) is 25.9 Å². The zero-order valence-electron chi connectivity index (χ0n) is 10.7. The van der Waals surface area contributed by atoms with Gasteiger partial charge in [-0.05, 0) is 44.0 Å². The van der Waals surface area contributed by atoms with Gasteiger partial charge in [-0.15, -0.1) is 0 Å². The predicted octanol–water partition coefficient (Wildman–Crippen LogP) is 1.47. The SMILES string of the molecule is O=C(O)C(COc1cccc(O)c1)C1CCNCC1. The molecule has 0 spiro atoms. The first-order valence-electron chi connectivity index (χ1n) is 6.52. The van der Waals surface area contributed by atoms with Crippen molar-refractivity contribution < 1.29 is 19.7 Å². The van der Waals surface area contributed by atoms with E-state index >= 15 is 0 Å². The van der Waals surface area contributed by atoms with E-state index in [4.69, 9.17) is 4.74 Å². The number of ether oxygens (including phenoxy) is 1. The predicted molar refractivity (Wildman–Crippen MR) is 70.3 cm³/mol. The molecular weight excluding hydrogens is 246 g/mol. The van der Waals surface area contributed by atoms with Crippen LogP contribution in [0.2, 0.25) is 0 Å². The van der Waals surface area contributed by atoms with Crippen LogP contribution in [0.5, 0.6) is 11.5 Å². The van der Waals surface area contributed by atoms with Crippen LogP contribution in [0.25, 0.3) is 0 Å². The van der Waals surface area contributed by atoms with Gasteiger partial charge >= 0.3 is 5.97 Å². The molecule has 0 amide bonds. The number of rotatable bonds is 5. The number of aliphatic carboxylic acids is 1. The highest BCUT2D eigenvalue weighted by Gasteiger charge is 2.29. The van der Waals surface area contributed by atoms with Gasteiger partial charge in [0, 0.05) is 6.07 Å². The second-order valence-electron chi connectivity index (χ2n) is 4.84. The van der Waals surface area contributed by atoms with Crippen molar-refractivity contribution in [1.29, 1.82) is 0 Å². The van der Waals surface area contributed by atoms with Crippen LogP contribution in [0.15, 0.2) is 24.3 Å². The molecule has 1 aromatic carbocycles. The Kier molecular flexibility index (Phi) is 4.63. The van der Waals surface area contributed by atoms with Gasteiger partial charge in [-0.1, -0.05) is 6.07 Å². The molecule has 104 valence electrons. The topological polar surface area (TPSA) is 78.8 Å². The summed E-state index contributed by atoms with van der Waals surface area (Å²) >= 11 is 0. The number of benzene rings is 1. The Morgan fingerprint density at radius 2 is 2.16 bits per heavy atom. The summed E-state index contributed by atoms with van der Waals surface area (Å²) in [5.74, 6) is -0.543. The van der Waals surface area contributed by atoms with E-state index in [0.29, 0.717) is 5.75 Å². The lowest BCUT2D eigenvalue weighted by atomic mass is 9.85. The second kappa shape index (κ2) is 6.43. The highest BCUT2D eigenvalue weighted by Crippen LogP contribution is 2.24. The molecule has 5 heteroatoms. The monoisotopic (exact) mass is 265 g/mol. The molecular formula is C14H19NO4. The first kappa shape index (κ1) is 13.7. The third-order valence-electron chi connectivity index (χ3n) is 3.52. The van der Waals surface area contributed by atoms with Gasteiger partial charge in [0.2, 0.25) is 0 Å². The van der Waals surface area contributed by atoms with Crippen LogP contribution in [0, 0.1) is 11.8 Å². The number of nitrogens with one attached hydrogen (secondary N) is 1. The highest BCUT2D eigenvalue weighted by molar-refractivity contribution is 5.70. The number of hydrogen-bond acceptors (Lipinski definition) is 4. The lowest BCUT2D eigenvalue weighted by molar-refractivity contribution is -0.145. The minimum atomic E-state index is -0.813. The van der Waals surface area contributed by atoms with Gasteiger partial charge in [-0.3, -0.25) is 4.79 Å². The number of carboxylic acid groups (broad SMARTS) is 1.